The van der Waals surface area contributed by atoms with Gasteiger partial charge in [-0.1, -0.05) is 18.2 Å². The molecule has 2 aromatic carbocycles. The van der Waals surface area contributed by atoms with Crippen molar-refractivity contribution in [3.05, 3.63) is 59.9 Å². The third kappa shape index (κ3) is 3.21. The molecule has 0 aliphatic carbocycles. The van der Waals surface area contributed by atoms with E-state index in [4.69, 9.17) is 0 Å². The first-order valence-corrected chi connectivity index (χ1v) is 9.38. The number of nitrogens with zero attached hydrogens (tertiary/aromatic N) is 3. The van der Waals surface area contributed by atoms with Crippen molar-refractivity contribution in [2.24, 2.45) is 0 Å². The first-order chi connectivity index (χ1) is 13.1. The van der Waals surface area contributed by atoms with Gasteiger partial charge in [0.25, 0.3) is 0 Å². The average molecular weight is 360 g/mol. The number of fused-ring (bicyclic) bond motifs is 3. The third-order valence-electron chi connectivity index (χ3n) is 5.03. The second kappa shape index (κ2) is 6.91. The molecule has 0 bridgehead atoms. The van der Waals surface area contributed by atoms with Crippen LogP contribution in [-0.4, -0.2) is 20.3 Å². The second-order valence-electron chi connectivity index (χ2n) is 6.94. The van der Waals surface area contributed by atoms with E-state index < -0.39 is 0 Å². The Bertz CT molecular complexity index is 1140. The Hall–Kier alpha value is -3.08. The van der Waals surface area contributed by atoms with Crippen LogP contribution in [0.3, 0.4) is 0 Å². The van der Waals surface area contributed by atoms with E-state index in [1.165, 1.54) is 21.8 Å². The zero-order chi connectivity index (χ0) is 19.0. The Labute approximate surface area is 158 Å². The van der Waals surface area contributed by atoms with Gasteiger partial charge in [-0.2, -0.15) is 5.10 Å². The molecule has 138 valence electrons. The van der Waals surface area contributed by atoms with Gasteiger partial charge in [-0.3, -0.25) is 9.48 Å². The number of hydrogen-bond donors (Lipinski definition) is 1. The molecule has 0 aliphatic rings. The van der Waals surface area contributed by atoms with Crippen LogP contribution in [0.15, 0.2) is 48.5 Å². The SMILES string of the molecule is CCn1c2ccccc2c2cc(NC(=O)CCn3nc(C)cc3C)ccc21. The van der Waals surface area contributed by atoms with Crippen LogP contribution in [0.4, 0.5) is 5.69 Å². The Morgan fingerprint density at radius 1 is 1.04 bits per heavy atom. The number of aryl methyl sites for hydroxylation is 4. The number of anilines is 1. The minimum absolute atomic E-state index is 0.00105. The molecule has 0 spiro atoms. The van der Waals surface area contributed by atoms with Crippen LogP contribution in [-0.2, 0) is 17.9 Å². The highest BCUT2D eigenvalue weighted by Crippen LogP contribution is 2.31. The molecule has 4 aromatic rings. The fourth-order valence-corrected chi connectivity index (χ4v) is 3.80. The van der Waals surface area contributed by atoms with Crippen molar-refractivity contribution >= 4 is 33.4 Å². The monoisotopic (exact) mass is 360 g/mol. The number of benzene rings is 2. The molecule has 0 radical (unpaired) electrons. The van der Waals surface area contributed by atoms with Gasteiger partial charge in [-0.25, -0.2) is 0 Å². The van der Waals surface area contributed by atoms with Crippen molar-refractivity contribution in [1.82, 2.24) is 14.3 Å². The zero-order valence-electron chi connectivity index (χ0n) is 16.0. The molecule has 27 heavy (non-hydrogen) atoms. The maximum absolute atomic E-state index is 12.4. The summed E-state index contributed by atoms with van der Waals surface area (Å²) in [6, 6.07) is 16.6. The van der Waals surface area contributed by atoms with Gasteiger partial charge in [0, 0.05) is 52.7 Å². The largest absolute Gasteiger partial charge is 0.341 e. The normalized spacial score (nSPS) is 11.4. The lowest BCUT2D eigenvalue weighted by molar-refractivity contribution is -0.116. The first kappa shape index (κ1) is 17.3. The van der Waals surface area contributed by atoms with Crippen molar-refractivity contribution in [3.63, 3.8) is 0 Å². The summed E-state index contributed by atoms with van der Waals surface area (Å²) < 4.78 is 4.19. The quantitative estimate of drug-likeness (QED) is 0.563. The van der Waals surface area contributed by atoms with E-state index in [1.807, 2.05) is 30.7 Å². The number of hydrogen-bond acceptors (Lipinski definition) is 2. The van der Waals surface area contributed by atoms with E-state index in [9.17, 15) is 4.79 Å². The highest BCUT2D eigenvalue weighted by Gasteiger charge is 2.11. The van der Waals surface area contributed by atoms with Crippen LogP contribution in [0.1, 0.15) is 24.7 Å². The summed E-state index contributed by atoms with van der Waals surface area (Å²) in [4.78, 5) is 12.4. The van der Waals surface area contributed by atoms with Gasteiger partial charge in [0.2, 0.25) is 5.91 Å². The molecule has 0 atom stereocenters. The summed E-state index contributed by atoms with van der Waals surface area (Å²) in [5.41, 5.74) is 5.31. The highest BCUT2D eigenvalue weighted by molar-refractivity contribution is 6.09. The van der Waals surface area contributed by atoms with Gasteiger partial charge in [0.1, 0.15) is 0 Å². The topological polar surface area (TPSA) is 51.9 Å². The predicted molar refractivity (Wildman–Crippen MR) is 110 cm³/mol. The maximum atomic E-state index is 12.4. The lowest BCUT2D eigenvalue weighted by atomic mass is 10.1. The number of amides is 1. The summed E-state index contributed by atoms with van der Waals surface area (Å²) in [6.45, 7) is 7.63. The molecule has 2 heterocycles. The van der Waals surface area contributed by atoms with Gasteiger partial charge in [0.05, 0.1) is 5.69 Å². The Morgan fingerprint density at radius 2 is 1.81 bits per heavy atom. The molecule has 2 aromatic heterocycles. The summed E-state index contributed by atoms with van der Waals surface area (Å²) >= 11 is 0. The molecule has 0 saturated heterocycles. The van der Waals surface area contributed by atoms with Crippen LogP contribution in [0.25, 0.3) is 21.8 Å². The minimum atomic E-state index is 0.00105. The molecular weight excluding hydrogens is 336 g/mol. The number of carbonyl (C=O) groups is 1. The smallest absolute Gasteiger partial charge is 0.226 e. The summed E-state index contributed by atoms with van der Waals surface area (Å²) in [5.74, 6) is 0.00105. The number of carbonyl (C=O) groups excluding carboxylic acids is 1. The van der Waals surface area contributed by atoms with Gasteiger partial charge in [-0.15, -0.1) is 0 Å². The van der Waals surface area contributed by atoms with Crippen molar-refractivity contribution in [3.8, 4) is 0 Å². The highest BCUT2D eigenvalue weighted by atomic mass is 16.1. The summed E-state index contributed by atoms with van der Waals surface area (Å²) in [5, 5.41) is 9.83. The Morgan fingerprint density at radius 3 is 2.56 bits per heavy atom. The van der Waals surface area contributed by atoms with Crippen molar-refractivity contribution in [2.45, 2.75) is 40.3 Å². The van der Waals surface area contributed by atoms with E-state index in [1.54, 1.807) is 0 Å². The minimum Gasteiger partial charge on any atom is -0.341 e. The van der Waals surface area contributed by atoms with E-state index in [-0.39, 0.29) is 5.91 Å². The fraction of sp³-hybridized carbons (Fsp3) is 0.273. The van der Waals surface area contributed by atoms with Gasteiger partial charge in [0.15, 0.2) is 0 Å². The van der Waals surface area contributed by atoms with E-state index in [0.717, 1.165) is 23.6 Å². The van der Waals surface area contributed by atoms with Crippen molar-refractivity contribution in [1.29, 1.82) is 0 Å². The van der Waals surface area contributed by atoms with Crippen LogP contribution in [0.5, 0.6) is 0 Å². The van der Waals surface area contributed by atoms with E-state index in [0.29, 0.717) is 13.0 Å². The number of rotatable bonds is 5. The average Bonchev–Trinajstić information content (AvgIpc) is 3.15. The number of para-hydroxylation sites is 1. The molecule has 0 unspecified atom stereocenters. The van der Waals surface area contributed by atoms with Gasteiger partial charge < -0.3 is 9.88 Å². The molecule has 1 amide bonds. The van der Waals surface area contributed by atoms with Gasteiger partial charge >= 0.3 is 0 Å². The molecule has 1 N–H and O–H groups in total. The van der Waals surface area contributed by atoms with E-state index >= 15 is 0 Å². The number of aromatic nitrogens is 3. The molecule has 4 rings (SSSR count). The summed E-state index contributed by atoms with van der Waals surface area (Å²) in [6.07, 6.45) is 0.400. The lowest BCUT2D eigenvalue weighted by Crippen LogP contribution is -2.15. The van der Waals surface area contributed by atoms with Crippen LogP contribution < -0.4 is 5.32 Å². The first-order valence-electron chi connectivity index (χ1n) is 9.38. The summed E-state index contributed by atoms with van der Waals surface area (Å²) in [7, 11) is 0. The lowest BCUT2D eigenvalue weighted by Gasteiger charge is -2.08. The third-order valence-corrected chi connectivity index (χ3v) is 5.03. The molecule has 0 aliphatic heterocycles. The Kier molecular flexibility index (Phi) is 4.44. The second-order valence-corrected chi connectivity index (χ2v) is 6.94. The predicted octanol–water partition coefficient (Wildman–Crippen LogP) is 4.66. The fourth-order valence-electron chi connectivity index (χ4n) is 3.80. The Balaban J connectivity index is 1.56. The van der Waals surface area contributed by atoms with Crippen LogP contribution >= 0.6 is 0 Å². The zero-order valence-corrected chi connectivity index (χ0v) is 16.0. The van der Waals surface area contributed by atoms with E-state index in [2.05, 4.69) is 58.3 Å². The molecule has 5 nitrogen and oxygen atoms in total. The van der Waals surface area contributed by atoms with Crippen molar-refractivity contribution in [2.75, 3.05) is 5.32 Å². The standard InChI is InChI=1S/C22H24N4O/c1-4-25-20-8-6-5-7-18(20)19-14-17(9-10-21(19)25)23-22(27)11-12-26-16(3)13-15(2)24-26/h5-10,13-14H,4,11-12H2,1-3H3,(H,23,27). The van der Waals surface area contributed by atoms with Crippen LogP contribution in [0.2, 0.25) is 0 Å². The number of nitrogens with one attached hydrogen (secondary N) is 1. The molecule has 5 heteroatoms. The molecular formula is C22H24N4O. The van der Waals surface area contributed by atoms with Crippen LogP contribution in [0, 0.1) is 13.8 Å². The maximum Gasteiger partial charge on any atom is 0.226 e. The molecule has 0 fully saturated rings. The van der Waals surface area contributed by atoms with Crippen molar-refractivity contribution < 1.29 is 4.79 Å². The van der Waals surface area contributed by atoms with Gasteiger partial charge in [-0.05, 0) is 51.1 Å². The molecule has 0 saturated carbocycles.